The second kappa shape index (κ2) is 40.6. The first kappa shape index (κ1) is 101. The Labute approximate surface area is 789 Å². The van der Waals surface area contributed by atoms with E-state index in [0.29, 0.717) is 61.1 Å². The molecule has 16 rings (SSSR count). The zero-order chi connectivity index (χ0) is 97.8. The summed E-state index contributed by atoms with van der Waals surface area (Å²) in [5, 5.41) is 88.3. The van der Waals surface area contributed by atoms with Crippen LogP contribution >= 0.6 is 15.9 Å². The fourth-order valence-electron chi connectivity index (χ4n) is 19.7. The number of allylic oxidation sites excluding steroid dienone is 6. The lowest BCUT2D eigenvalue weighted by molar-refractivity contribution is -0.158. The first-order chi connectivity index (χ1) is 63.2. The summed E-state index contributed by atoms with van der Waals surface area (Å²) in [6, 6.07) is 6.42. The topological polar surface area (TPSA) is 396 Å². The van der Waals surface area contributed by atoms with Gasteiger partial charge in [-0.1, -0.05) is 163 Å². The van der Waals surface area contributed by atoms with Crippen molar-refractivity contribution in [3.05, 3.63) is 159 Å². The largest absolute Gasteiger partial charge is 0.507 e. The molecule has 10 heterocycles. The number of nitrogens with zero attached hydrogens (tertiary/aromatic N) is 6. The Balaban J connectivity index is 0.000000228. The van der Waals surface area contributed by atoms with E-state index in [1.807, 2.05) is 73.6 Å². The summed E-state index contributed by atoms with van der Waals surface area (Å²) in [6.45, 7) is 49.6. The number of benzene rings is 6. The lowest BCUT2D eigenvalue weighted by Crippen LogP contribution is -2.47. The molecule has 8 aliphatic rings. The van der Waals surface area contributed by atoms with Crippen LogP contribution in [0.1, 0.15) is 162 Å². The molecule has 2 saturated heterocycles. The van der Waals surface area contributed by atoms with Crippen LogP contribution < -0.4 is 62.1 Å². The van der Waals surface area contributed by atoms with Crippen molar-refractivity contribution in [2.24, 2.45) is 82.9 Å². The number of esters is 1. The first-order valence-electron chi connectivity index (χ1n) is 47.1. The quantitative estimate of drug-likeness (QED) is 0.0266. The molecule has 0 unspecified atom stereocenters. The van der Waals surface area contributed by atoms with E-state index in [4.69, 9.17) is 42.5 Å². The second-order valence-electron chi connectivity index (χ2n) is 39.6. The first-order valence-corrected chi connectivity index (χ1v) is 48.2. The van der Waals surface area contributed by atoms with E-state index >= 15 is 0 Å². The number of hydrogen-bond acceptors (Lipinski definition) is 27. The van der Waals surface area contributed by atoms with Gasteiger partial charge in [-0.3, -0.25) is 43.4 Å². The zero-order valence-corrected chi connectivity index (χ0v) is 82.7. The third-order valence-corrected chi connectivity index (χ3v) is 29.8. The van der Waals surface area contributed by atoms with Crippen LogP contribution in [0.2, 0.25) is 0 Å². The van der Waals surface area contributed by atoms with Gasteiger partial charge in [0.2, 0.25) is 21.7 Å². The Bertz CT molecular complexity index is 6460. The van der Waals surface area contributed by atoms with E-state index < -0.39 is 110 Å². The highest BCUT2D eigenvalue weighted by Gasteiger charge is 2.47. The van der Waals surface area contributed by atoms with Crippen LogP contribution in [0.15, 0.2) is 125 Å². The number of alkyl halides is 1. The van der Waals surface area contributed by atoms with E-state index in [0.717, 1.165) is 39.3 Å². The van der Waals surface area contributed by atoms with Crippen LogP contribution in [0.3, 0.4) is 0 Å². The maximum absolute atomic E-state index is 15.0. The predicted octanol–water partition coefficient (Wildman–Crippen LogP) is 15.1. The summed E-state index contributed by atoms with van der Waals surface area (Å²) < 4.78 is 44.3. The van der Waals surface area contributed by atoms with Crippen molar-refractivity contribution in [1.29, 1.82) is 0 Å². The fraction of sp³-hybridized carbons (Fsp3) is 0.529. The minimum atomic E-state index is -1.85. The molecule has 29 nitrogen and oxygen atoms in total. The molecule has 2 amide bonds. The minimum absolute atomic E-state index is 0.00966. The number of carbonyl (C=O) groups is 3. The maximum atomic E-state index is 15.0. The molecule has 2 aromatic heterocycles. The number of hydrogen-bond donors (Lipinski definition) is 9. The van der Waals surface area contributed by atoms with Gasteiger partial charge in [0.25, 0.3) is 11.8 Å². The van der Waals surface area contributed by atoms with Gasteiger partial charge in [0.1, 0.15) is 51.5 Å². The molecule has 10 bridgehead atoms. The average molecular weight is 1910 g/mol. The number of aliphatic hydroxyl groups is 5. The number of ether oxygens (including phenoxy) is 5. The van der Waals surface area contributed by atoms with Crippen LogP contribution in [-0.2, 0) is 28.6 Å². The van der Waals surface area contributed by atoms with Crippen molar-refractivity contribution in [2.75, 3.05) is 91.2 Å². The summed E-state index contributed by atoms with van der Waals surface area (Å²) in [7, 11) is 0. The lowest BCUT2D eigenvalue weighted by atomic mass is 9.72. The van der Waals surface area contributed by atoms with Crippen molar-refractivity contribution in [3.63, 3.8) is 0 Å². The van der Waals surface area contributed by atoms with Gasteiger partial charge in [-0.05, 0) is 105 Å². The molecule has 0 radical (unpaired) electrons. The summed E-state index contributed by atoms with van der Waals surface area (Å²) >= 11 is 3.39. The molecule has 8 aliphatic heterocycles. The number of phenols is 2. The summed E-state index contributed by atoms with van der Waals surface area (Å²) in [6.07, 6.45) is 14.1. The third kappa shape index (κ3) is 19.8. The predicted molar refractivity (Wildman–Crippen MR) is 528 cm³/mol. The molecule has 722 valence electrons. The maximum Gasteiger partial charge on any atom is 0.307 e. The number of rotatable bonds is 10. The van der Waals surface area contributed by atoms with Crippen molar-refractivity contribution < 1.29 is 82.6 Å². The van der Waals surface area contributed by atoms with Gasteiger partial charge < -0.3 is 88.7 Å². The van der Waals surface area contributed by atoms with Crippen LogP contribution in [0.25, 0.3) is 77.5 Å². The number of nitrogens with one attached hydrogen (secondary N) is 2. The fourth-order valence-corrected chi connectivity index (χ4v) is 19.9. The number of aliphatic hydroxyl groups excluding tert-OH is 5. The van der Waals surface area contributed by atoms with E-state index in [9.17, 15) is 69.3 Å². The van der Waals surface area contributed by atoms with E-state index in [1.54, 1.807) is 56.4 Å². The number of aromatic nitrogens is 2. The van der Waals surface area contributed by atoms with Crippen molar-refractivity contribution in [3.8, 4) is 23.0 Å². The van der Waals surface area contributed by atoms with Gasteiger partial charge in [0.15, 0.2) is 44.9 Å². The molecule has 18 atom stereocenters. The molecule has 0 aliphatic carbocycles. The Morgan fingerprint density at radius 2 is 0.881 bits per heavy atom. The Morgan fingerprint density at radius 1 is 0.493 bits per heavy atom. The summed E-state index contributed by atoms with van der Waals surface area (Å²) in [4.78, 5) is 118. The molecular formula is C104H133BrN8O21. The molecule has 30 heteroatoms. The van der Waals surface area contributed by atoms with Gasteiger partial charge in [-0.15, -0.1) is 0 Å². The standard InChI is InChI=1S/C54H69BrN4O11.C50H64N4O10/c1-27(2)26-58-19-21-59(22-20-58)36-24-37(60)43-38(25-36)68-51-44(56-43)40-41-47(63)35(10)50-42(40)52(65)54(11,70-50)67-23-17-28(3)31(6)32(7)33(8)46(62)34(9)49(69-39(61)16-13-18-55)29(4)14-12-15-30(5)53(66)57-45(51)48(41)64;1-24(2)23-53-16-18-54(19-17-53)33-21-34(55)39-35(22-33)63-47-40(51-39)36-37-44(58)32(10)46-38(36)48(60)50(11,64-46)62-20-15-25(3)28(6)29(7)30(8)43(57)31(9)42(56)26(4)13-12-14-27(5)49(61)52-41(47)45(37)59/h12,14-15,17,23-25,27-29,31-34,46,49,62-63,65H,13,16,18-22,26H2,1-11H3,(H,57,66);12-15,20-22,24-26,28-31,42-43,56-58,60H,16-19,23H2,1-11H3,(H,52,61)/b14-12+,23-17+,30-15-;13-12+,20-15+,27-14-/t28-,29-,31+,32+,33-,34-,46-,49-,54-;25-,26-,28+,29+,30-,31+,42-,43-,50-/m00/s1. The number of aromatic hydroxyl groups is 2. The van der Waals surface area contributed by atoms with E-state index in [2.05, 4.69) is 102 Å². The summed E-state index contributed by atoms with van der Waals surface area (Å²) in [5.74, 6) is -8.39. The monoisotopic (exact) mass is 1910 g/mol. The number of fused-ring (bicyclic) bond motifs is 28. The van der Waals surface area contributed by atoms with Gasteiger partial charge in [-0.25, -0.2) is 9.97 Å². The number of piperazine rings is 2. The Morgan fingerprint density at radius 3 is 1.27 bits per heavy atom. The van der Waals surface area contributed by atoms with Crippen molar-refractivity contribution in [1.82, 2.24) is 19.8 Å². The van der Waals surface area contributed by atoms with Gasteiger partial charge in [0, 0.05) is 183 Å². The second-order valence-corrected chi connectivity index (χ2v) is 40.4. The molecule has 0 saturated carbocycles. The Kier molecular flexibility index (Phi) is 30.4. The van der Waals surface area contributed by atoms with Crippen LogP contribution in [-0.4, -0.2) is 180 Å². The highest BCUT2D eigenvalue weighted by Crippen LogP contribution is 2.47. The smallest absolute Gasteiger partial charge is 0.307 e. The molecule has 0 spiro atoms. The summed E-state index contributed by atoms with van der Waals surface area (Å²) in [5.41, 5.74) is -1.88. The normalized spacial score (nSPS) is 29.8. The lowest BCUT2D eigenvalue weighted by Gasteiger charge is -2.38. The Hall–Kier alpha value is -10.9. The average Bonchev–Trinajstić information content (AvgIpc) is 1.44. The molecule has 9 N–H and O–H groups in total. The molecular weight excluding hydrogens is 1780 g/mol. The van der Waals surface area contributed by atoms with Crippen molar-refractivity contribution >= 4 is 134 Å². The number of amides is 2. The SMILES string of the molecule is C/C1=C/C=C/[C@H](C)[C@H](O)[C@@H](C)[C@@H](O)[C@@H](C)[C@H](C)[C@H](C)[C@@H](C)/C=C/O[C@@]2(C)Oc3c(C)c(O)c4c(=O)c(c5oc6cc(N7CCN(CC(C)C)CC7)cc(=O)c6nc5c4c3=C2O)NC1=O.C/C1=C/C=C/[C@H](C)[C@H](OC(=O)CCCBr)[C@@H](C)[C@@H](O)[C@@H](C)[C@H](C)[C@H](C)[C@@H](C)/C=C/O[C@@]2(C)Oc3c(C)c(O)c4c(=O)c(c5oc6cc(N7CCN(CC(C)C)CC7)cc(=O)c6nc5c4c3=C2O)NC1=O. The van der Waals surface area contributed by atoms with Crippen LogP contribution in [0.4, 0.5) is 22.7 Å². The zero-order valence-electron chi connectivity index (χ0n) is 81.1. The van der Waals surface area contributed by atoms with Crippen LogP contribution in [0.5, 0.6) is 23.0 Å². The minimum Gasteiger partial charge on any atom is -0.507 e. The highest BCUT2D eigenvalue weighted by atomic mass is 79.9. The van der Waals surface area contributed by atoms with Crippen molar-refractivity contribution in [2.45, 2.75) is 201 Å². The molecule has 2 fully saturated rings. The number of carbonyl (C=O) groups excluding carboxylic acids is 3. The van der Waals surface area contributed by atoms with Gasteiger partial charge in [-0.2, -0.15) is 0 Å². The highest BCUT2D eigenvalue weighted by molar-refractivity contribution is 9.09. The number of phenolic OH excluding ortho intramolecular Hbond substituents is 2. The van der Waals surface area contributed by atoms with Crippen LogP contribution in [0, 0.1) is 96.7 Å². The molecule has 6 aromatic carbocycles. The van der Waals surface area contributed by atoms with E-state index in [-0.39, 0.29) is 187 Å². The van der Waals surface area contributed by atoms with Gasteiger partial charge >= 0.3 is 17.5 Å². The third-order valence-electron chi connectivity index (χ3n) is 29.2. The van der Waals surface area contributed by atoms with Gasteiger partial charge in [0.05, 0.1) is 52.0 Å². The number of halogens is 1. The van der Waals surface area contributed by atoms with E-state index in [1.165, 1.54) is 52.4 Å². The number of anilines is 4. The molecule has 134 heavy (non-hydrogen) atoms. The molecule has 8 aromatic rings.